The topological polar surface area (TPSA) is 102 Å². The van der Waals surface area contributed by atoms with E-state index in [0.29, 0.717) is 29.9 Å². The zero-order valence-electron chi connectivity index (χ0n) is 21.1. The summed E-state index contributed by atoms with van der Waals surface area (Å²) in [6, 6.07) is 15.1. The number of hydrogen-bond acceptors (Lipinski definition) is 6. The van der Waals surface area contributed by atoms with Crippen molar-refractivity contribution in [3.05, 3.63) is 72.3 Å². The number of para-hydroxylation sites is 2. The Hall–Kier alpha value is -3.94. The maximum Gasteiger partial charge on any atom is 0.330 e. The van der Waals surface area contributed by atoms with Gasteiger partial charge in [-0.05, 0) is 54.7 Å². The van der Waals surface area contributed by atoms with E-state index in [-0.39, 0.29) is 30.1 Å². The third-order valence-electron chi connectivity index (χ3n) is 8.36. The molecular weight excluding hydrogens is 484 g/mol. The molecular formula is C30H30N2O6. The Bertz CT molecular complexity index is 1270. The largest absolute Gasteiger partial charge is 0.492 e. The molecule has 7 atom stereocenters. The van der Waals surface area contributed by atoms with Gasteiger partial charge in [0.15, 0.2) is 6.61 Å². The molecule has 8 heteroatoms. The van der Waals surface area contributed by atoms with Crippen molar-refractivity contribution in [1.29, 1.82) is 0 Å². The maximum atomic E-state index is 13.7. The van der Waals surface area contributed by atoms with Gasteiger partial charge in [-0.3, -0.25) is 19.3 Å². The Morgan fingerprint density at radius 3 is 2.24 bits per heavy atom. The van der Waals surface area contributed by atoms with Crippen molar-refractivity contribution in [3.63, 3.8) is 0 Å². The molecule has 0 spiro atoms. The summed E-state index contributed by atoms with van der Waals surface area (Å²) in [4.78, 5) is 54.6. The second-order valence-electron chi connectivity index (χ2n) is 10.5. The van der Waals surface area contributed by atoms with Crippen molar-refractivity contribution in [2.75, 3.05) is 18.5 Å². The molecule has 2 bridgehead atoms. The van der Waals surface area contributed by atoms with Crippen LogP contribution < -0.4 is 10.1 Å². The van der Waals surface area contributed by atoms with Crippen molar-refractivity contribution in [3.8, 4) is 5.75 Å². The van der Waals surface area contributed by atoms with Crippen LogP contribution in [0.5, 0.6) is 5.75 Å². The minimum absolute atomic E-state index is 0.0565. The third-order valence-corrected chi connectivity index (χ3v) is 8.36. The molecule has 1 aliphatic heterocycles. The number of esters is 1. The fourth-order valence-corrected chi connectivity index (χ4v) is 6.68. The number of imide groups is 1. The van der Waals surface area contributed by atoms with Gasteiger partial charge in [0, 0.05) is 6.42 Å². The van der Waals surface area contributed by atoms with Gasteiger partial charge in [0.1, 0.15) is 11.8 Å². The highest BCUT2D eigenvalue weighted by atomic mass is 16.5. The normalized spacial score (nSPS) is 28.9. The second kappa shape index (κ2) is 9.74. The van der Waals surface area contributed by atoms with Gasteiger partial charge in [-0.1, -0.05) is 54.6 Å². The summed E-state index contributed by atoms with van der Waals surface area (Å²) in [5.74, 6) is -1.18. The smallest absolute Gasteiger partial charge is 0.330 e. The highest BCUT2D eigenvalue weighted by Gasteiger charge is 2.68. The number of likely N-dealkylation sites (tertiary alicyclic amines) is 1. The van der Waals surface area contributed by atoms with Gasteiger partial charge in [0.25, 0.3) is 5.91 Å². The lowest BCUT2D eigenvalue weighted by molar-refractivity contribution is -0.160. The molecule has 1 heterocycles. The fourth-order valence-electron chi connectivity index (χ4n) is 6.68. The van der Waals surface area contributed by atoms with E-state index in [4.69, 9.17) is 9.47 Å². The van der Waals surface area contributed by atoms with Crippen LogP contribution in [-0.4, -0.2) is 47.8 Å². The maximum absolute atomic E-state index is 13.7. The molecule has 3 fully saturated rings. The van der Waals surface area contributed by atoms with E-state index in [1.807, 2.05) is 37.3 Å². The van der Waals surface area contributed by atoms with Crippen LogP contribution in [0.2, 0.25) is 0 Å². The minimum atomic E-state index is -1.14. The molecule has 7 unspecified atom stereocenters. The van der Waals surface area contributed by atoms with Gasteiger partial charge in [-0.15, -0.1) is 0 Å². The molecule has 2 aromatic rings. The third kappa shape index (κ3) is 4.18. The van der Waals surface area contributed by atoms with E-state index >= 15 is 0 Å². The zero-order chi connectivity index (χ0) is 26.4. The molecule has 38 heavy (non-hydrogen) atoms. The fraction of sp³-hybridized carbons (Fsp3) is 0.400. The van der Waals surface area contributed by atoms with Crippen LogP contribution in [0.1, 0.15) is 18.9 Å². The van der Waals surface area contributed by atoms with Crippen LogP contribution in [0.3, 0.4) is 0 Å². The predicted octanol–water partition coefficient (Wildman–Crippen LogP) is 3.23. The lowest BCUT2D eigenvalue weighted by Crippen LogP contribution is -2.48. The summed E-state index contributed by atoms with van der Waals surface area (Å²) in [6.07, 6.45) is 5.39. The molecule has 1 N–H and O–H groups in total. The zero-order valence-corrected chi connectivity index (χ0v) is 21.1. The average molecular weight is 515 g/mol. The van der Waals surface area contributed by atoms with Crippen LogP contribution in [0.4, 0.5) is 5.69 Å². The monoisotopic (exact) mass is 514 g/mol. The van der Waals surface area contributed by atoms with E-state index in [2.05, 4.69) is 17.5 Å². The molecule has 8 nitrogen and oxygen atoms in total. The SMILES string of the molecule is CCOc1ccccc1NC(=O)COC(=O)C(Cc1ccccc1)N1C(=O)C2C3C=CC(C4CC34)C2C1=O. The Kier molecular flexibility index (Phi) is 6.26. The molecule has 3 amide bonds. The Balaban J connectivity index is 1.19. The van der Waals surface area contributed by atoms with Crippen molar-refractivity contribution in [2.24, 2.45) is 35.5 Å². The molecule has 0 aromatic heterocycles. The molecule has 196 valence electrons. The molecule has 5 aliphatic rings. The van der Waals surface area contributed by atoms with E-state index in [1.54, 1.807) is 24.3 Å². The molecule has 4 aliphatic carbocycles. The summed E-state index contributed by atoms with van der Waals surface area (Å²) in [6.45, 7) is 1.72. The van der Waals surface area contributed by atoms with Crippen LogP contribution in [0.25, 0.3) is 0 Å². The number of ether oxygens (including phenoxy) is 2. The highest BCUT2D eigenvalue weighted by molar-refractivity contribution is 6.09. The number of allylic oxidation sites excluding steroid dienone is 2. The van der Waals surface area contributed by atoms with E-state index < -0.39 is 36.4 Å². The lowest BCUT2D eigenvalue weighted by atomic mass is 9.63. The predicted molar refractivity (Wildman–Crippen MR) is 138 cm³/mol. The average Bonchev–Trinajstić information content (AvgIpc) is 3.71. The summed E-state index contributed by atoms with van der Waals surface area (Å²) in [5.41, 5.74) is 1.26. The number of benzene rings is 2. The number of carbonyl (C=O) groups excluding carboxylic acids is 4. The minimum Gasteiger partial charge on any atom is -0.492 e. The number of hydrogen-bond donors (Lipinski definition) is 1. The van der Waals surface area contributed by atoms with E-state index in [1.165, 1.54) is 0 Å². The molecule has 1 saturated heterocycles. The quantitative estimate of drug-likeness (QED) is 0.313. The first kappa shape index (κ1) is 24.4. The van der Waals surface area contributed by atoms with Gasteiger partial charge in [0.05, 0.1) is 24.1 Å². The van der Waals surface area contributed by atoms with Crippen LogP contribution in [0, 0.1) is 35.5 Å². The summed E-state index contributed by atoms with van der Waals surface area (Å²) >= 11 is 0. The standard InChI is InChI=1S/C30H30N2O6/c1-2-37-24-11-7-6-10-22(24)31-25(33)16-38-30(36)23(14-17-8-4-3-5-9-17)32-28(34)26-18-12-13-19(21-15-20(18)21)27(26)29(32)35/h3-13,18-21,23,26-27H,2,14-16H2,1H3,(H,31,33). The van der Waals surface area contributed by atoms with E-state index in [0.717, 1.165) is 16.9 Å². The first-order chi connectivity index (χ1) is 18.5. The Morgan fingerprint density at radius 1 is 0.947 bits per heavy atom. The van der Waals surface area contributed by atoms with Crippen LogP contribution in [0.15, 0.2) is 66.7 Å². The van der Waals surface area contributed by atoms with Crippen molar-refractivity contribution in [1.82, 2.24) is 4.90 Å². The molecule has 2 saturated carbocycles. The molecule has 0 radical (unpaired) electrons. The lowest BCUT2D eigenvalue weighted by Gasteiger charge is -2.37. The van der Waals surface area contributed by atoms with Crippen LogP contribution >= 0.6 is 0 Å². The summed E-state index contributed by atoms with van der Waals surface area (Å²) < 4.78 is 10.9. The van der Waals surface area contributed by atoms with Gasteiger partial charge >= 0.3 is 5.97 Å². The van der Waals surface area contributed by atoms with Gasteiger partial charge in [-0.25, -0.2) is 4.79 Å². The Morgan fingerprint density at radius 2 is 1.58 bits per heavy atom. The second-order valence-corrected chi connectivity index (χ2v) is 10.5. The number of anilines is 1. The first-order valence-electron chi connectivity index (χ1n) is 13.3. The number of nitrogens with zero attached hydrogens (tertiary/aromatic N) is 1. The Labute approximate surface area is 221 Å². The van der Waals surface area contributed by atoms with Gasteiger partial charge < -0.3 is 14.8 Å². The van der Waals surface area contributed by atoms with E-state index in [9.17, 15) is 19.2 Å². The number of carbonyl (C=O) groups is 4. The van der Waals surface area contributed by atoms with Crippen molar-refractivity contribution in [2.45, 2.75) is 25.8 Å². The number of amides is 3. The summed E-state index contributed by atoms with van der Waals surface area (Å²) in [5, 5.41) is 2.70. The van der Waals surface area contributed by atoms with Crippen LogP contribution in [-0.2, 0) is 30.3 Å². The first-order valence-corrected chi connectivity index (χ1v) is 13.3. The van der Waals surface area contributed by atoms with Crippen molar-refractivity contribution < 1.29 is 28.7 Å². The summed E-state index contributed by atoms with van der Waals surface area (Å²) in [7, 11) is 0. The van der Waals surface area contributed by atoms with Gasteiger partial charge in [0.2, 0.25) is 11.8 Å². The molecule has 2 aromatic carbocycles. The number of nitrogens with one attached hydrogen (secondary N) is 1. The molecule has 7 rings (SSSR count). The van der Waals surface area contributed by atoms with Crippen molar-refractivity contribution >= 4 is 29.4 Å². The number of rotatable bonds is 9. The highest BCUT2D eigenvalue weighted by Crippen LogP contribution is 2.65. The van der Waals surface area contributed by atoms with Gasteiger partial charge in [-0.2, -0.15) is 0 Å².